The summed E-state index contributed by atoms with van der Waals surface area (Å²) in [5.74, 6) is 0. The Kier molecular flexibility index (Phi) is 6.25. The van der Waals surface area contributed by atoms with Crippen molar-refractivity contribution in [3.63, 3.8) is 0 Å². The van der Waals surface area contributed by atoms with Crippen LogP contribution in [0.25, 0.3) is 0 Å². The van der Waals surface area contributed by atoms with E-state index in [1.807, 2.05) is 0 Å². The summed E-state index contributed by atoms with van der Waals surface area (Å²) >= 11 is 0. The van der Waals surface area contributed by atoms with Gasteiger partial charge in [-0.1, -0.05) is 58.2 Å². The third-order valence-corrected chi connectivity index (χ3v) is 4.61. The molecule has 1 aliphatic heterocycles. The molecule has 2 N–H and O–H groups in total. The fourth-order valence-corrected chi connectivity index (χ4v) is 3.25. The summed E-state index contributed by atoms with van der Waals surface area (Å²) in [7, 11) is 0. The minimum atomic E-state index is 0.408. The van der Waals surface area contributed by atoms with Crippen LogP contribution < -0.4 is 10.6 Å². The molecule has 118 valence electrons. The Hall–Kier alpha value is -0.860. The zero-order valence-corrected chi connectivity index (χ0v) is 14.1. The summed E-state index contributed by atoms with van der Waals surface area (Å²) in [5, 5.41) is 7.16. The zero-order chi connectivity index (χ0) is 15.1. The topological polar surface area (TPSA) is 24.1 Å². The van der Waals surface area contributed by atoms with Gasteiger partial charge in [0.15, 0.2) is 0 Å². The SMILES string of the molecule is CCCCCC(C)(C)CNCc1cccc2c1CCNC2. The molecule has 2 nitrogen and oxygen atoms in total. The van der Waals surface area contributed by atoms with Gasteiger partial charge in [-0.05, 0) is 41.5 Å². The predicted molar refractivity (Wildman–Crippen MR) is 91.5 cm³/mol. The minimum Gasteiger partial charge on any atom is -0.312 e. The normalized spacial score (nSPS) is 15.0. The summed E-state index contributed by atoms with van der Waals surface area (Å²) in [6.45, 7) is 11.3. The first kappa shape index (κ1) is 16.5. The van der Waals surface area contributed by atoms with Gasteiger partial charge in [0.1, 0.15) is 0 Å². The van der Waals surface area contributed by atoms with E-state index in [1.54, 1.807) is 5.56 Å². The molecule has 0 atom stereocenters. The highest BCUT2D eigenvalue weighted by Gasteiger charge is 2.17. The Labute approximate surface area is 130 Å². The van der Waals surface area contributed by atoms with Crippen molar-refractivity contribution in [3.8, 4) is 0 Å². The van der Waals surface area contributed by atoms with Crippen molar-refractivity contribution in [3.05, 3.63) is 34.9 Å². The summed E-state index contributed by atoms with van der Waals surface area (Å²) < 4.78 is 0. The van der Waals surface area contributed by atoms with Gasteiger partial charge in [0.05, 0.1) is 0 Å². The fraction of sp³-hybridized carbons (Fsp3) is 0.684. The Morgan fingerprint density at radius 3 is 2.90 bits per heavy atom. The van der Waals surface area contributed by atoms with Gasteiger partial charge < -0.3 is 10.6 Å². The maximum atomic E-state index is 3.70. The summed E-state index contributed by atoms with van der Waals surface area (Å²) in [6, 6.07) is 6.76. The van der Waals surface area contributed by atoms with Crippen LogP contribution in [0.1, 0.15) is 63.1 Å². The van der Waals surface area contributed by atoms with Crippen molar-refractivity contribution in [2.24, 2.45) is 5.41 Å². The zero-order valence-electron chi connectivity index (χ0n) is 14.1. The van der Waals surface area contributed by atoms with Crippen LogP contribution in [0.15, 0.2) is 18.2 Å². The molecule has 1 aliphatic rings. The average Bonchev–Trinajstić information content (AvgIpc) is 2.47. The molecular weight excluding hydrogens is 256 g/mol. The summed E-state index contributed by atoms with van der Waals surface area (Å²) in [6.07, 6.45) is 6.53. The first-order valence-corrected chi connectivity index (χ1v) is 8.63. The molecule has 1 heterocycles. The van der Waals surface area contributed by atoms with E-state index in [-0.39, 0.29) is 0 Å². The van der Waals surface area contributed by atoms with E-state index in [2.05, 4.69) is 49.6 Å². The Morgan fingerprint density at radius 1 is 1.24 bits per heavy atom. The maximum Gasteiger partial charge on any atom is 0.0208 e. The molecule has 21 heavy (non-hydrogen) atoms. The molecule has 0 aromatic heterocycles. The van der Waals surface area contributed by atoms with Crippen molar-refractivity contribution in [2.75, 3.05) is 13.1 Å². The highest BCUT2D eigenvalue weighted by atomic mass is 14.9. The van der Waals surface area contributed by atoms with Gasteiger partial charge in [0, 0.05) is 19.6 Å². The second-order valence-electron chi connectivity index (χ2n) is 7.21. The largest absolute Gasteiger partial charge is 0.312 e. The second-order valence-corrected chi connectivity index (χ2v) is 7.21. The highest BCUT2D eigenvalue weighted by molar-refractivity contribution is 5.36. The van der Waals surface area contributed by atoms with E-state index in [4.69, 9.17) is 0 Å². The van der Waals surface area contributed by atoms with Gasteiger partial charge in [-0.3, -0.25) is 0 Å². The number of fused-ring (bicyclic) bond motifs is 1. The van der Waals surface area contributed by atoms with Gasteiger partial charge in [0.25, 0.3) is 0 Å². The first-order valence-electron chi connectivity index (χ1n) is 8.63. The van der Waals surface area contributed by atoms with Gasteiger partial charge in [-0.15, -0.1) is 0 Å². The van der Waals surface area contributed by atoms with Crippen LogP contribution in [-0.4, -0.2) is 13.1 Å². The van der Waals surface area contributed by atoms with Crippen LogP contribution in [0.5, 0.6) is 0 Å². The number of nitrogens with one attached hydrogen (secondary N) is 2. The minimum absolute atomic E-state index is 0.408. The molecule has 0 bridgehead atoms. The summed E-state index contributed by atoms with van der Waals surface area (Å²) in [5.41, 5.74) is 4.97. The molecular formula is C19H32N2. The first-order chi connectivity index (χ1) is 10.1. The van der Waals surface area contributed by atoms with E-state index in [0.29, 0.717) is 5.41 Å². The molecule has 1 aromatic carbocycles. The molecule has 0 radical (unpaired) electrons. The van der Waals surface area contributed by atoms with Gasteiger partial charge in [0.2, 0.25) is 0 Å². The van der Waals surface area contributed by atoms with E-state index < -0.39 is 0 Å². The van der Waals surface area contributed by atoms with Crippen LogP contribution in [0, 0.1) is 5.41 Å². The van der Waals surface area contributed by atoms with E-state index in [0.717, 1.165) is 26.2 Å². The fourth-order valence-electron chi connectivity index (χ4n) is 3.25. The van der Waals surface area contributed by atoms with E-state index in [1.165, 1.54) is 43.2 Å². The monoisotopic (exact) mass is 288 g/mol. The molecule has 2 heteroatoms. The van der Waals surface area contributed by atoms with E-state index >= 15 is 0 Å². The number of rotatable bonds is 8. The third kappa shape index (κ3) is 5.12. The lowest BCUT2D eigenvalue weighted by atomic mass is 9.86. The molecule has 0 spiro atoms. The molecule has 0 saturated heterocycles. The molecule has 0 aliphatic carbocycles. The van der Waals surface area contributed by atoms with Crippen molar-refractivity contribution in [2.45, 2.75) is 66.0 Å². The lowest BCUT2D eigenvalue weighted by Gasteiger charge is -2.26. The maximum absolute atomic E-state index is 3.70. The predicted octanol–water partition coefficient (Wildman–Crippen LogP) is 4.03. The molecule has 1 aromatic rings. The second kappa shape index (κ2) is 7.95. The Bertz CT molecular complexity index is 437. The van der Waals surface area contributed by atoms with Gasteiger partial charge >= 0.3 is 0 Å². The highest BCUT2D eigenvalue weighted by Crippen LogP contribution is 2.23. The molecule has 2 rings (SSSR count). The van der Waals surface area contributed by atoms with Crippen molar-refractivity contribution < 1.29 is 0 Å². The Balaban J connectivity index is 1.83. The molecule has 0 unspecified atom stereocenters. The number of benzene rings is 1. The van der Waals surface area contributed by atoms with Crippen molar-refractivity contribution >= 4 is 0 Å². The smallest absolute Gasteiger partial charge is 0.0208 e. The quantitative estimate of drug-likeness (QED) is 0.706. The van der Waals surface area contributed by atoms with Crippen molar-refractivity contribution in [1.29, 1.82) is 0 Å². The van der Waals surface area contributed by atoms with Gasteiger partial charge in [-0.2, -0.15) is 0 Å². The van der Waals surface area contributed by atoms with Gasteiger partial charge in [-0.25, -0.2) is 0 Å². The standard InChI is InChI=1S/C19H32N2/c1-4-5-6-11-19(2,3)15-21-14-17-9-7-8-16-13-20-12-10-18(16)17/h7-9,20-21H,4-6,10-15H2,1-3H3. The van der Waals surface area contributed by atoms with Crippen LogP contribution in [0.2, 0.25) is 0 Å². The number of hydrogen-bond donors (Lipinski definition) is 2. The van der Waals surface area contributed by atoms with Crippen LogP contribution in [0.3, 0.4) is 0 Å². The average molecular weight is 288 g/mol. The lowest BCUT2D eigenvalue weighted by molar-refractivity contribution is 0.301. The van der Waals surface area contributed by atoms with E-state index in [9.17, 15) is 0 Å². The number of unbranched alkanes of at least 4 members (excludes halogenated alkanes) is 2. The number of hydrogen-bond acceptors (Lipinski definition) is 2. The third-order valence-electron chi connectivity index (χ3n) is 4.61. The van der Waals surface area contributed by atoms with Crippen LogP contribution in [-0.2, 0) is 19.5 Å². The van der Waals surface area contributed by atoms with Crippen molar-refractivity contribution in [1.82, 2.24) is 10.6 Å². The molecule has 0 amide bonds. The molecule has 0 saturated carbocycles. The molecule has 0 fully saturated rings. The summed E-state index contributed by atoms with van der Waals surface area (Å²) in [4.78, 5) is 0. The van der Waals surface area contributed by atoms with Crippen LogP contribution >= 0.6 is 0 Å². The lowest BCUT2D eigenvalue weighted by Crippen LogP contribution is -2.30. The van der Waals surface area contributed by atoms with Crippen LogP contribution in [0.4, 0.5) is 0 Å². The Morgan fingerprint density at radius 2 is 2.10 bits per heavy atom.